The number of nitrogens with zero attached hydrogens (tertiary/aromatic N) is 3. The third-order valence-electron chi connectivity index (χ3n) is 15.2. The van der Waals surface area contributed by atoms with Crippen LogP contribution in [0.4, 0.5) is 51.2 Å². The summed E-state index contributed by atoms with van der Waals surface area (Å²) in [6.07, 6.45) is 1.92. The third kappa shape index (κ3) is 8.11. The second-order valence-corrected chi connectivity index (χ2v) is 23.3. The molecule has 9 aromatic rings. The first-order valence-corrected chi connectivity index (χ1v) is 25.8. The zero-order chi connectivity index (χ0) is 51.3. The van der Waals surface area contributed by atoms with Crippen molar-refractivity contribution in [2.24, 2.45) is 0 Å². The Bertz CT molecular complexity index is 3690. The number of allylic oxidation sites excluding steroid dienone is 1. The van der Waals surface area contributed by atoms with Crippen LogP contribution >= 0.6 is 0 Å². The van der Waals surface area contributed by atoms with E-state index in [2.05, 4.69) is 256 Å². The molecule has 0 saturated heterocycles. The van der Waals surface area contributed by atoms with Crippen LogP contribution in [0, 0.1) is 13.8 Å². The van der Waals surface area contributed by atoms with E-state index in [0.29, 0.717) is 0 Å². The lowest BCUT2D eigenvalue weighted by Crippen LogP contribution is -2.61. The smallest absolute Gasteiger partial charge is 0.252 e. The molecule has 0 fully saturated rings. The van der Waals surface area contributed by atoms with Crippen molar-refractivity contribution in [1.82, 2.24) is 0 Å². The van der Waals surface area contributed by atoms with Crippen LogP contribution in [0.15, 0.2) is 187 Å². The van der Waals surface area contributed by atoms with Crippen molar-refractivity contribution in [3.8, 4) is 0 Å². The SMILES string of the molecule is C=C/C(c1cc(C)c(N2c3cc(N(c4ccccc4)c4ccccc4)ccc3B3c4cc(C(C)(C)C)ccc4N(c4ccc(C(C)(C)C)cc4)c4cc(C(C)(C)C)cc2c43)c(C)c1)=c1/oc2ccccc2c1=C. The van der Waals surface area contributed by atoms with Crippen LogP contribution in [-0.4, -0.2) is 6.71 Å². The summed E-state index contributed by atoms with van der Waals surface area (Å²) in [6.45, 7) is 34.2. The quantitative estimate of drug-likeness (QED) is 0.149. The lowest BCUT2D eigenvalue weighted by atomic mass is 9.33. The summed E-state index contributed by atoms with van der Waals surface area (Å²) in [5.41, 5.74) is 23.7. The summed E-state index contributed by atoms with van der Waals surface area (Å²) in [5.74, 6) is 0. The molecule has 11 rings (SSSR count). The Morgan fingerprint density at radius 1 is 0.521 bits per heavy atom. The van der Waals surface area contributed by atoms with Gasteiger partial charge in [-0.15, -0.1) is 0 Å². The van der Waals surface area contributed by atoms with Gasteiger partial charge >= 0.3 is 0 Å². The molecule has 73 heavy (non-hydrogen) atoms. The molecule has 0 N–H and O–H groups in total. The van der Waals surface area contributed by atoms with E-state index in [1.165, 1.54) is 50.1 Å². The predicted molar refractivity (Wildman–Crippen MR) is 314 cm³/mol. The fraction of sp³-hybridized carbons (Fsp3) is 0.206. The molecule has 1 aromatic heterocycles. The molecule has 2 aliphatic rings. The number of aryl methyl sites for hydroxylation is 2. The van der Waals surface area contributed by atoms with E-state index < -0.39 is 0 Å². The van der Waals surface area contributed by atoms with Crippen molar-refractivity contribution in [1.29, 1.82) is 0 Å². The molecule has 0 saturated carbocycles. The van der Waals surface area contributed by atoms with Gasteiger partial charge in [0.05, 0.1) is 5.69 Å². The number of fused-ring (bicyclic) bond motifs is 5. The molecule has 0 unspecified atom stereocenters. The number of rotatable bonds is 7. The number of para-hydroxylation sites is 3. The predicted octanol–water partition coefficient (Wildman–Crippen LogP) is 15.3. The highest BCUT2D eigenvalue weighted by Crippen LogP contribution is 2.49. The molecule has 0 atom stereocenters. The lowest BCUT2D eigenvalue weighted by molar-refractivity contribution is 0.573. The number of furan rings is 1. The maximum Gasteiger partial charge on any atom is 0.252 e. The van der Waals surface area contributed by atoms with Crippen LogP contribution in [0.5, 0.6) is 0 Å². The number of hydrogen-bond acceptors (Lipinski definition) is 4. The molecule has 0 spiro atoms. The van der Waals surface area contributed by atoms with Crippen molar-refractivity contribution >= 4 is 97.4 Å². The minimum atomic E-state index is -0.176. The van der Waals surface area contributed by atoms with Crippen molar-refractivity contribution in [3.63, 3.8) is 0 Å². The summed E-state index contributed by atoms with van der Waals surface area (Å²) in [6, 6.07) is 63.1. The third-order valence-corrected chi connectivity index (χ3v) is 15.2. The van der Waals surface area contributed by atoms with Crippen molar-refractivity contribution in [3.05, 3.63) is 227 Å². The Morgan fingerprint density at radius 2 is 1.08 bits per heavy atom. The average molecular weight is 952 g/mol. The zero-order valence-corrected chi connectivity index (χ0v) is 44.5. The molecular formula is C68H66BN3O. The molecule has 0 amide bonds. The van der Waals surface area contributed by atoms with Gasteiger partial charge in [0.25, 0.3) is 6.71 Å². The van der Waals surface area contributed by atoms with Gasteiger partial charge in [-0.05, 0) is 165 Å². The van der Waals surface area contributed by atoms with E-state index in [9.17, 15) is 0 Å². The Hall–Kier alpha value is -7.76. The molecule has 0 radical (unpaired) electrons. The minimum Gasteiger partial charge on any atom is -0.455 e. The minimum absolute atomic E-state index is 0.0211. The van der Waals surface area contributed by atoms with E-state index in [0.717, 1.165) is 78.0 Å². The van der Waals surface area contributed by atoms with Crippen LogP contribution in [-0.2, 0) is 16.2 Å². The monoisotopic (exact) mass is 952 g/mol. The van der Waals surface area contributed by atoms with Gasteiger partial charge in [-0.2, -0.15) is 0 Å². The van der Waals surface area contributed by atoms with Crippen LogP contribution in [0.1, 0.15) is 95.7 Å². The highest BCUT2D eigenvalue weighted by molar-refractivity contribution is 7.00. The Labute approximate surface area is 433 Å². The molecule has 362 valence electrons. The molecule has 5 heteroatoms. The summed E-state index contributed by atoms with van der Waals surface area (Å²) in [5, 5.41) is 1.88. The van der Waals surface area contributed by atoms with E-state index in [1.807, 2.05) is 24.3 Å². The highest BCUT2D eigenvalue weighted by atomic mass is 16.3. The molecule has 4 nitrogen and oxygen atoms in total. The summed E-state index contributed by atoms with van der Waals surface area (Å²) < 4.78 is 6.56. The summed E-state index contributed by atoms with van der Waals surface area (Å²) in [7, 11) is 0. The molecule has 2 aliphatic heterocycles. The van der Waals surface area contributed by atoms with E-state index >= 15 is 0 Å². The average Bonchev–Trinajstić information content (AvgIpc) is 3.70. The van der Waals surface area contributed by atoms with E-state index in [-0.39, 0.29) is 23.0 Å². The number of anilines is 9. The van der Waals surface area contributed by atoms with Gasteiger partial charge in [-0.3, -0.25) is 0 Å². The normalized spacial score (nSPS) is 13.7. The van der Waals surface area contributed by atoms with Gasteiger partial charge in [0.15, 0.2) is 0 Å². The van der Waals surface area contributed by atoms with Crippen LogP contribution in [0.2, 0.25) is 0 Å². The van der Waals surface area contributed by atoms with Gasteiger partial charge in [-0.25, -0.2) is 0 Å². The first kappa shape index (κ1) is 47.6. The maximum absolute atomic E-state index is 6.56. The van der Waals surface area contributed by atoms with E-state index in [4.69, 9.17) is 4.42 Å². The van der Waals surface area contributed by atoms with Crippen molar-refractivity contribution < 1.29 is 4.42 Å². The van der Waals surface area contributed by atoms with Gasteiger partial charge < -0.3 is 19.1 Å². The Kier molecular flexibility index (Phi) is 11.4. The van der Waals surface area contributed by atoms with Crippen molar-refractivity contribution in [2.75, 3.05) is 14.7 Å². The molecule has 0 aliphatic carbocycles. The highest BCUT2D eigenvalue weighted by Gasteiger charge is 2.45. The molecular weight excluding hydrogens is 886 g/mol. The summed E-state index contributed by atoms with van der Waals surface area (Å²) in [4.78, 5) is 7.55. The first-order valence-electron chi connectivity index (χ1n) is 25.8. The number of hydrogen-bond donors (Lipinski definition) is 0. The molecule has 3 heterocycles. The molecule has 0 bridgehead atoms. The second kappa shape index (κ2) is 17.5. The second-order valence-electron chi connectivity index (χ2n) is 23.3. The van der Waals surface area contributed by atoms with Crippen LogP contribution in [0.3, 0.4) is 0 Å². The van der Waals surface area contributed by atoms with Gasteiger partial charge in [0.2, 0.25) is 0 Å². The number of benzene rings is 8. The maximum atomic E-state index is 6.56. The fourth-order valence-electron chi connectivity index (χ4n) is 11.4. The standard InChI is InChI=1S/C68H66BN3O/c1-14-54(65-45(4)55-27-21-22-28-62(55)73-65)46-37-43(2)64(44(3)38-46)72-59-42-53(70(50-23-17-15-18-24-50)51-25-19-16-20-26-51)34-35-56(59)69-57-39-48(67(8,9)10)31-36-58(57)71(52-32-29-47(30-33-52)66(5,6)7)60-40-49(68(11,12)13)41-61(72)63(60)69/h14-42H,1,4H2,2-3,5-13H3/b65-54-. The Balaban J connectivity index is 1.24. The molecule has 8 aromatic carbocycles. The zero-order valence-electron chi connectivity index (χ0n) is 44.5. The van der Waals surface area contributed by atoms with E-state index in [1.54, 1.807) is 0 Å². The first-order chi connectivity index (χ1) is 34.8. The van der Waals surface area contributed by atoms with Crippen LogP contribution in [0.25, 0.3) is 23.1 Å². The largest absolute Gasteiger partial charge is 0.455 e. The van der Waals surface area contributed by atoms with Gasteiger partial charge in [0.1, 0.15) is 11.0 Å². The Morgan fingerprint density at radius 3 is 1.66 bits per heavy atom. The van der Waals surface area contributed by atoms with Gasteiger partial charge in [0, 0.05) is 61.7 Å². The summed E-state index contributed by atoms with van der Waals surface area (Å²) >= 11 is 0. The topological polar surface area (TPSA) is 22.9 Å². The van der Waals surface area contributed by atoms with Gasteiger partial charge in [-0.1, -0.05) is 166 Å². The van der Waals surface area contributed by atoms with Crippen LogP contribution < -0.4 is 41.7 Å². The fourth-order valence-corrected chi connectivity index (χ4v) is 11.4. The lowest BCUT2D eigenvalue weighted by Gasteiger charge is -2.46. The van der Waals surface area contributed by atoms with Crippen molar-refractivity contribution in [2.45, 2.75) is 92.4 Å².